The largest absolute Gasteiger partial charge is 0.347 e. The van der Waals surface area contributed by atoms with Gasteiger partial charge in [0.05, 0.1) is 0 Å². The van der Waals surface area contributed by atoms with Crippen molar-refractivity contribution in [1.29, 1.82) is 0 Å². The predicted molar refractivity (Wildman–Crippen MR) is 58.3 cm³/mol. The number of hydrogen-bond acceptors (Lipinski definition) is 4. The van der Waals surface area contributed by atoms with E-state index in [4.69, 9.17) is 5.73 Å². The number of nitrogens with zero attached hydrogens (tertiary/aromatic N) is 3. The SMILES string of the molecule is CC(CN)Cc1ccnc(N(C)C)n1. The average Bonchev–Trinajstić information content (AvgIpc) is 2.18. The molecule has 4 nitrogen and oxygen atoms in total. The molecule has 0 spiro atoms. The number of rotatable bonds is 4. The van der Waals surface area contributed by atoms with Crippen LogP contribution in [0.3, 0.4) is 0 Å². The normalized spacial score (nSPS) is 12.6. The molecule has 4 heteroatoms. The van der Waals surface area contributed by atoms with Crippen LogP contribution in [0.1, 0.15) is 12.6 Å². The smallest absolute Gasteiger partial charge is 0.224 e. The Hall–Kier alpha value is -1.16. The highest BCUT2D eigenvalue weighted by Crippen LogP contribution is 2.08. The summed E-state index contributed by atoms with van der Waals surface area (Å²) in [7, 11) is 3.87. The fourth-order valence-corrected chi connectivity index (χ4v) is 1.15. The molecule has 1 unspecified atom stereocenters. The van der Waals surface area contributed by atoms with Crippen LogP contribution in [0.2, 0.25) is 0 Å². The van der Waals surface area contributed by atoms with Crippen LogP contribution in [0, 0.1) is 5.92 Å². The highest BCUT2D eigenvalue weighted by molar-refractivity contribution is 5.27. The third-order valence-corrected chi connectivity index (χ3v) is 2.06. The van der Waals surface area contributed by atoms with Gasteiger partial charge in [-0.2, -0.15) is 0 Å². The Kier molecular flexibility index (Phi) is 3.83. The Morgan fingerprint density at radius 1 is 1.50 bits per heavy atom. The molecule has 1 aromatic heterocycles. The van der Waals surface area contributed by atoms with Gasteiger partial charge in [-0.25, -0.2) is 9.97 Å². The topological polar surface area (TPSA) is 55.0 Å². The second-order valence-electron chi connectivity index (χ2n) is 3.79. The third-order valence-electron chi connectivity index (χ3n) is 2.06. The molecule has 78 valence electrons. The quantitative estimate of drug-likeness (QED) is 0.766. The molecule has 0 aromatic carbocycles. The summed E-state index contributed by atoms with van der Waals surface area (Å²) < 4.78 is 0. The van der Waals surface area contributed by atoms with Crippen molar-refractivity contribution in [2.24, 2.45) is 11.7 Å². The molecule has 0 saturated heterocycles. The van der Waals surface area contributed by atoms with Gasteiger partial charge in [-0.1, -0.05) is 6.92 Å². The fourth-order valence-electron chi connectivity index (χ4n) is 1.15. The Bertz CT molecular complexity index is 285. The summed E-state index contributed by atoms with van der Waals surface area (Å²) in [6, 6.07) is 1.94. The van der Waals surface area contributed by atoms with Crippen LogP contribution in [0.15, 0.2) is 12.3 Å². The van der Waals surface area contributed by atoms with E-state index in [1.807, 2.05) is 25.1 Å². The average molecular weight is 194 g/mol. The number of anilines is 1. The second-order valence-corrected chi connectivity index (χ2v) is 3.79. The summed E-state index contributed by atoms with van der Waals surface area (Å²) in [6.45, 7) is 2.82. The van der Waals surface area contributed by atoms with Gasteiger partial charge in [0.25, 0.3) is 0 Å². The Labute approximate surface area is 85.2 Å². The molecular weight excluding hydrogens is 176 g/mol. The molecule has 0 fully saturated rings. The lowest BCUT2D eigenvalue weighted by Crippen LogP contribution is -2.16. The van der Waals surface area contributed by atoms with Gasteiger partial charge in [-0.05, 0) is 24.9 Å². The lowest BCUT2D eigenvalue weighted by molar-refractivity contribution is 0.583. The van der Waals surface area contributed by atoms with Crippen molar-refractivity contribution in [3.63, 3.8) is 0 Å². The van der Waals surface area contributed by atoms with Crippen molar-refractivity contribution in [3.05, 3.63) is 18.0 Å². The van der Waals surface area contributed by atoms with E-state index in [2.05, 4.69) is 16.9 Å². The van der Waals surface area contributed by atoms with Crippen LogP contribution >= 0.6 is 0 Å². The zero-order valence-electron chi connectivity index (χ0n) is 9.07. The van der Waals surface area contributed by atoms with Crippen LogP contribution in [-0.2, 0) is 6.42 Å². The molecule has 0 bridgehead atoms. The van der Waals surface area contributed by atoms with Gasteiger partial charge in [-0.15, -0.1) is 0 Å². The van der Waals surface area contributed by atoms with E-state index in [-0.39, 0.29) is 0 Å². The van der Waals surface area contributed by atoms with E-state index < -0.39 is 0 Å². The Balaban J connectivity index is 2.73. The van der Waals surface area contributed by atoms with Gasteiger partial charge in [0, 0.05) is 26.0 Å². The van der Waals surface area contributed by atoms with E-state index in [9.17, 15) is 0 Å². The maximum absolute atomic E-state index is 5.56. The summed E-state index contributed by atoms with van der Waals surface area (Å²) in [5.74, 6) is 1.23. The Morgan fingerprint density at radius 3 is 2.79 bits per heavy atom. The first-order chi connectivity index (χ1) is 6.63. The van der Waals surface area contributed by atoms with Crippen LogP contribution in [0.25, 0.3) is 0 Å². The van der Waals surface area contributed by atoms with Crippen molar-refractivity contribution in [3.8, 4) is 0 Å². The van der Waals surface area contributed by atoms with Crippen molar-refractivity contribution < 1.29 is 0 Å². The van der Waals surface area contributed by atoms with Gasteiger partial charge in [0.15, 0.2) is 0 Å². The summed E-state index contributed by atoms with van der Waals surface area (Å²) in [5.41, 5.74) is 6.62. The Morgan fingerprint density at radius 2 is 2.21 bits per heavy atom. The van der Waals surface area contributed by atoms with Gasteiger partial charge in [-0.3, -0.25) is 0 Å². The molecule has 1 atom stereocenters. The third kappa shape index (κ3) is 2.96. The van der Waals surface area contributed by atoms with Gasteiger partial charge < -0.3 is 10.6 Å². The van der Waals surface area contributed by atoms with Crippen LogP contribution in [-0.4, -0.2) is 30.6 Å². The minimum absolute atomic E-state index is 0.472. The molecule has 1 rings (SSSR count). The molecular formula is C10H18N4. The molecule has 0 saturated carbocycles. The summed E-state index contributed by atoms with van der Waals surface area (Å²) in [4.78, 5) is 10.5. The molecule has 14 heavy (non-hydrogen) atoms. The highest BCUT2D eigenvalue weighted by atomic mass is 15.2. The van der Waals surface area contributed by atoms with Crippen molar-refractivity contribution in [2.75, 3.05) is 25.5 Å². The van der Waals surface area contributed by atoms with E-state index in [0.717, 1.165) is 18.1 Å². The molecule has 1 aromatic rings. The van der Waals surface area contributed by atoms with E-state index >= 15 is 0 Å². The molecule has 0 amide bonds. The number of nitrogens with two attached hydrogens (primary N) is 1. The van der Waals surface area contributed by atoms with Crippen molar-refractivity contribution in [2.45, 2.75) is 13.3 Å². The molecule has 0 radical (unpaired) electrons. The highest BCUT2D eigenvalue weighted by Gasteiger charge is 2.04. The molecule has 0 aliphatic carbocycles. The standard InChI is InChI=1S/C10H18N4/c1-8(7-11)6-9-4-5-12-10(13-9)14(2)3/h4-5,8H,6-7,11H2,1-3H3. The van der Waals surface area contributed by atoms with Gasteiger partial charge >= 0.3 is 0 Å². The summed E-state index contributed by atoms with van der Waals surface area (Å²) >= 11 is 0. The zero-order valence-corrected chi connectivity index (χ0v) is 9.07. The van der Waals surface area contributed by atoms with E-state index in [0.29, 0.717) is 12.5 Å². The predicted octanol–water partition coefficient (Wildman–Crippen LogP) is 0.680. The van der Waals surface area contributed by atoms with Crippen molar-refractivity contribution in [1.82, 2.24) is 9.97 Å². The maximum Gasteiger partial charge on any atom is 0.224 e. The zero-order chi connectivity index (χ0) is 10.6. The monoisotopic (exact) mass is 194 g/mol. The first-order valence-electron chi connectivity index (χ1n) is 4.82. The van der Waals surface area contributed by atoms with E-state index in [1.54, 1.807) is 6.20 Å². The van der Waals surface area contributed by atoms with Gasteiger partial charge in [0.2, 0.25) is 5.95 Å². The summed E-state index contributed by atoms with van der Waals surface area (Å²) in [6.07, 6.45) is 2.71. The lowest BCUT2D eigenvalue weighted by atomic mass is 10.1. The second kappa shape index (κ2) is 4.91. The van der Waals surface area contributed by atoms with Gasteiger partial charge in [0.1, 0.15) is 0 Å². The molecule has 0 aliphatic rings. The molecule has 0 aliphatic heterocycles. The van der Waals surface area contributed by atoms with Crippen molar-refractivity contribution >= 4 is 5.95 Å². The first-order valence-corrected chi connectivity index (χ1v) is 4.82. The maximum atomic E-state index is 5.56. The van der Waals surface area contributed by atoms with Crippen LogP contribution in [0.5, 0.6) is 0 Å². The summed E-state index contributed by atoms with van der Waals surface area (Å²) in [5, 5.41) is 0. The molecule has 1 heterocycles. The first kappa shape index (κ1) is 10.9. The fraction of sp³-hybridized carbons (Fsp3) is 0.600. The number of aromatic nitrogens is 2. The lowest BCUT2D eigenvalue weighted by Gasteiger charge is -2.12. The minimum atomic E-state index is 0.472. The molecule has 2 N–H and O–H groups in total. The minimum Gasteiger partial charge on any atom is -0.347 e. The van der Waals surface area contributed by atoms with Crippen LogP contribution in [0.4, 0.5) is 5.95 Å². The number of hydrogen-bond donors (Lipinski definition) is 1. The van der Waals surface area contributed by atoms with E-state index in [1.165, 1.54) is 0 Å². The van der Waals surface area contributed by atoms with Crippen LogP contribution < -0.4 is 10.6 Å².